The Bertz CT molecular complexity index is 462. The lowest BCUT2D eigenvalue weighted by Gasteiger charge is -2.21. The van der Waals surface area contributed by atoms with Gasteiger partial charge in [0, 0.05) is 12.6 Å². The van der Waals surface area contributed by atoms with Crippen LogP contribution >= 0.6 is 0 Å². The van der Waals surface area contributed by atoms with Crippen molar-refractivity contribution in [1.29, 1.82) is 0 Å². The smallest absolute Gasteiger partial charge is 0.326 e. The summed E-state index contributed by atoms with van der Waals surface area (Å²) in [5.74, 6) is -2.40. The maximum absolute atomic E-state index is 13.2. The molecular formula is C11H13FN2O3. The zero-order valence-corrected chi connectivity index (χ0v) is 9.48. The van der Waals surface area contributed by atoms with Crippen LogP contribution in [0, 0.1) is 5.82 Å². The first-order chi connectivity index (χ1) is 7.84. The minimum absolute atomic E-state index is 0.0597. The van der Waals surface area contributed by atoms with Crippen LogP contribution in [0.3, 0.4) is 0 Å². The normalized spacial score (nSPS) is 11.9. The van der Waals surface area contributed by atoms with E-state index in [1.54, 1.807) is 0 Å². The van der Waals surface area contributed by atoms with Crippen LogP contribution in [0.5, 0.6) is 0 Å². The number of nitrogens with two attached hydrogens (primary N) is 1. The molecule has 1 aromatic rings. The van der Waals surface area contributed by atoms with E-state index in [1.165, 1.54) is 26.1 Å². The summed E-state index contributed by atoms with van der Waals surface area (Å²) < 4.78 is 13.2. The summed E-state index contributed by atoms with van der Waals surface area (Å²) in [5.41, 5.74) is 5.28. The van der Waals surface area contributed by atoms with E-state index in [0.717, 1.165) is 11.0 Å². The van der Waals surface area contributed by atoms with Crippen LogP contribution in [0.25, 0.3) is 0 Å². The van der Waals surface area contributed by atoms with Gasteiger partial charge in [-0.3, -0.25) is 4.79 Å². The van der Waals surface area contributed by atoms with Crippen molar-refractivity contribution in [2.24, 2.45) is 0 Å². The average Bonchev–Trinajstić information content (AvgIpc) is 2.29. The first kappa shape index (κ1) is 13.0. The maximum atomic E-state index is 13.2. The van der Waals surface area contributed by atoms with Crippen molar-refractivity contribution in [2.45, 2.75) is 13.0 Å². The lowest BCUT2D eigenvalue weighted by Crippen LogP contribution is -2.40. The van der Waals surface area contributed by atoms with Gasteiger partial charge < -0.3 is 15.7 Å². The van der Waals surface area contributed by atoms with Gasteiger partial charge in [0.05, 0.1) is 5.69 Å². The van der Waals surface area contributed by atoms with Crippen molar-refractivity contribution in [3.8, 4) is 0 Å². The lowest BCUT2D eigenvalue weighted by molar-refractivity contribution is -0.141. The van der Waals surface area contributed by atoms with E-state index in [4.69, 9.17) is 10.8 Å². The molecule has 0 aliphatic carbocycles. The molecule has 0 heterocycles. The van der Waals surface area contributed by atoms with Crippen molar-refractivity contribution < 1.29 is 19.1 Å². The molecule has 1 rings (SSSR count). The Balaban J connectivity index is 2.96. The van der Waals surface area contributed by atoms with Gasteiger partial charge in [0.15, 0.2) is 0 Å². The number of amides is 1. The Morgan fingerprint density at radius 1 is 1.47 bits per heavy atom. The Labute approximate surface area is 97.6 Å². The molecule has 3 N–H and O–H groups in total. The molecule has 0 bridgehead atoms. The molecule has 0 aliphatic heterocycles. The van der Waals surface area contributed by atoms with Gasteiger partial charge in [-0.1, -0.05) is 0 Å². The molecule has 92 valence electrons. The minimum atomic E-state index is -1.13. The highest BCUT2D eigenvalue weighted by atomic mass is 19.1. The van der Waals surface area contributed by atoms with E-state index in [-0.39, 0.29) is 11.3 Å². The van der Waals surface area contributed by atoms with E-state index in [9.17, 15) is 14.0 Å². The molecule has 0 radical (unpaired) electrons. The number of rotatable bonds is 3. The number of hydrogen-bond acceptors (Lipinski definition) is 3. The van der Waals surface area contributed by atoms with E-state index < -0.39 is 23.7 Å². The molecule has 17 heavy (non-hydrogen) atoms. The molecule has 0 aromatic heterocycles. The van der Waals surface area contributed by atoms with Crippen molar-refractivity contribution >= 4 is 17.6 Å². The lowest BCUT2D eigenvalue weighted by atomic mass is 10.1. The van der Waals surface area contributed by atoms with E-state index in [0.29, 0.717) is 0 Å². The second-order valence-electron chi connectivity index (χ2n) is 3.67. The Kier molecular flexibility index (Phi) is 3.67. The Morgan fingerprint density at radius 2 is 2.06 bits per heavy atom. The molecular weight excluding hydrogens is 227 g/mol. The second-order valence-corrected chi connectivity index (χ2v) is 3.67. The number of carboxylic acid groups (broad SMARTS) is 1. The predicted octanol–water partition coefficient (Wildman–Crippen LogP) is 0.953. The van der Waals surface area contributed by atoms with Gasteiger partial charge in [-0.25, -0.2) is 9.18 Å². The zero-order valence-electron chi connectivity index (χ0n) is 9.48. The fraction of sp³-hybridized carbons (Fsp3) is 0.273. The second kappa shape index (κ2) is 4.82. The van der Waals surface area contributed by atoms with Crippen LogP contribution in [0.2, 0.25) is 0 Å². The minimum Gasteiger partial charge on any atom is -0.480 e. The van der Waals surface area contributed by atoms with E-state index >= 15 is 0 Å². The highest BCUT2D eigenvalue weighted by Gasteiger charge is 2.23. The van der Waals surface area contributed by atoms with Gasteiger partial charge in [-0.2, -0.15) is 0 Å². The SMILES string of the molecule is C[C@@H](C(=O)O)N(C)C(=O)c1ccc(N)c(F)c1. The molecule has 1 atom stereocenters. The predicted molar refractivity (Wildman–Crippen MR) is 60.0 cm³/mol. The number of nitrogen functional groups attached to an aromatic ring is 1. The third-order valence-electron chi connectivity index (χ3n) is 2.51. The molecule has 0 unspecified atom stereocenters. The van der Waals surface area contributed by atoms with E-state index in [2.05, 4.69) is 0 Å². The summed E-state index contributed by atoms with van der Waals surface area (Å²) in [6.07, 6.45) is 0. The van der Waals surface area contributed by atoms with Gasteiger partial charge in [-0.05, 0) is 25.1 Å². The number of hydrogen-bond donors (Lipinski definition) is 2. The third kappa shape index (κ3) is 2.72. The zero-order chi connectivity index (χ0) is 13.2. The molecule has 6 heteroatoms. The van der Waals surface area contributed by atoms with Crippen molar-refractivity contribution in [3.05, 3.63) is 29.6 Å². The van der Waals surface area contributed by atoms with Crippen molar-refractivity contribution in [3.63, 3.8) is 0 Å². The summed E-state index contributed by atoms with van der Waals surface area (Å²) in [6.45, 7) is 1.37. The van der Waals surface area contributed by atoms with Crippen molar-refractivity contribution in [1.82, 2.24) is 4.90 Å². The van der Waals surface area contributed by atoms with Crippen LogP contribution < -0.4 is 5.73 Å². The van der Waals surface area contributed by atoms with Crippen LogP contribution in [-0.2, 0) is 4.79 Å². The summed E-state index contributed by atoms with van der Waals surface area (Å²) in [4.78, 5) is 23.5. The highest BCUT2D eigenvalue weighted by Crippen LogP contribution is 2.14. The molecule has 0 fully saturated rings. The van der Waals surface area contributed by atoms with Crippen LogP contribution in [0.4, 0.5) is 10.1 Å². The summed E-state index contributed by atoms with van der Waals surface area (Å²) in [6, 6.07) is 2.62. The molecule has 0 spiro atoms. The van der Waals surface area contributed by atoms with Crippen molar-refractivity contribution in [2.75, 3.05) is 12.8 Å². The number of halogens is 1. The van der Waals surface area contributed by atoms with Gasteiger partial charge >= 0.3 is 5.97 Å². The number of carboxylic acids is 1. The van der Waals surface area contributed by atoms with Gasteiger partial charge in [-0.15, -0.1) is 0 Å². The first-order valence-corrected chi connectivity index (χ1v) is 4.89. The Morgan fingerprint density at radius 3 is 2.53 bits per heavy atom. The Hall–Kier alpha value is -2.11. The molecule has 1 amide bonds. The van der Waals surface area contributed by atoms with Crippen LogP contribution in [0.1, 0.15) is 17.3 Å². The van der Waals surface area contributed by atoms with Crippen LogP contribution in [0.15, 0.2) is 18.2 Å². The van der Waals surface area contributed by atoms with Gasteiger partial charge in [0.2, 0.25) is 0 Å². The molecule has 0 aliphatic rings. The first-order valence-electron chi connectivity index (χ1n) is 4.89. The molecule has 0 saturated heterocycles. The fourth-order valence-electron chi connectivity index (χ4n) is 1.21. The summed E-state index contributed by atoms with van der Waals surface area (Å²) in [7, 11) is 1.34. The number of aliphatic carboxylic acids is 1. The largest absolute Gasteiger partial charge is 0.480 e. The maximum Gasteiger partial charge on any atom is 0.326 e. The summed E-state index contributed by atoms with van der Waals surface area (Å²) >= 11 is 0. The van der Waals surface area contributed by atoms with Crippen LogP contribution in [-0.4, -0.2) is 35.0 Å². The number of carbonyl (C=O) groups excluding carboxylic acids is 1. The summed E-state index contributed by atoms with van der Waals surface area (Å²) in [5, 5.41) is 8.76. The topological polar surface area (TPSA) is 83.6 Å². The number of nitrogens with zero attached hydrogens (tertiary/aromatic N) is 1. The third-order valence-corrected chi connectivity index (χ3v) is 2.51. The number of benzene rings is 1. The standard InChI is InChI=1S/C11H13FN2O3/c1-6(11(16)17)14(2)10(15)7-3-4-9(13)8(12)5-7/h3-6H,13H2,1-2H3,(H,16,17)/t6-/m0/s1. The molecule has 5 nitrogen and oxygen atoms in total. The number of anilines is 1. The molecule has 0 saturated carbocycles. The van der Waals surface area contributed by atoms with E-state index in [1.807, 2.05) is 0 Å². The van der Waals surface area contributed by atoms with Gasteiger partial charge in [0.1, 0.15) is 11.9 Å². The quantitative estimate of drug-likeness (QED) is 0.770. The molecule has 1 aromatic carbocycles. The average molecular weight is 240 g/mol. The number of likely N-dealkylation sites (N-methyl/N-ethyl adjacent to an activating group) is 1. The van der Waals surface area contributed by atoms with Gasteiger partial charge in [0.25, 0.3) is 5.91 Å². The fourth-order valence-corrected chi connectivity index (χ4v) is 1.21. The highest BCUT2D eigenvalue weighted by molar-refractivity contribution is 5.96. The monoisotopic (exact) mass is 240 g/mol. The number of carbonyl (C=O) groups is 2.